The summed E-state index contributed by atoms with van der Waals surface area (Å²) in [5, 5.41) is 0. The van der Waals surface area contributed by atoms with Gasteiger partial charge < -0.3 is 14.7 Å². The number of amides is 1. The van der Waals surface area contributed by atoms with Crippen LogP contribution in [0.15, 0.2) is 18.3 Å². The number of Topliss-reactive ketones (excluding diaryl/α,β-unsaturated/α-hetero) is 1. The number of nitrogens with zero attached hydrogens (tertiary/aromatic N) is 4. The fraction of sp³-hybridized carbons (Fsp3) is 0.696. The van der Waals surface area contributed by atoms with E-state index in [0.717, 1.165) is 51.1 Å². The molecule has 0 radical (unpaired) electrons. The quantitative estimate of drug-likeness (QED) is 0.734. The summed E-state index contributed by atoms with van der Waals surface area (Å²) in [6.07, 6.45) is 6.37. The number of hydrogen-bond acceptors (Lipinski definition) is 5. The van der Waals surface area contributed by atoms with Crippen molar-refractivity contribution in [2.24, 2.45) is 11.8 Å². The van der Waals surface area contributed by atoms with Crippen molar-refractivity contribution in [3.05, 3.63) is 23.9 Å². The van der Waals surface area contributed by atoms with Gasteiger partial charge in [-0.2, -0.15) is 0 Å². The van der Waals surface area contributed by atoms with Gasteiger partial charge in [-0.05, 0) is 57.8 Å². The van der Waals surface area contributed by atoms with E-state index in [0.29, 0.717) is 36.3 Å². The van der Waals surface area contributed by atoms with Crippen LogP contribution in [0.25, 0.3) is 0 Å². The summed E-state index contributed by atoms with van der Waals surface area (Å²) in [5.74, 6) is 1.60. The maximum absolute atomic E-state index is 13.0. The predicted octanol–water partition coefficient (Wildman–Crippen LogP) is 3.08. The summed E-state index contributed by atoms with van der Waals surface area (Å²) in [6.45, 7) is 7.40. The second-order valence-electron chi connectivity index (χ2n) is 9.24. The first kappa shape index (κ1) is 21.8. The van der Waals surface area contributed by atoms with Crippen LogP contribution in [-0.4, -0.2) is 72.8 Å². The standard InChI is InChI=1S/C23H36N4O2/c1-17(2)14-21(28)19-6-5-11-27(16-19)23(29)18-7-8-22(24-15-18)26-12-9-20(10-13-26)25(3)4/h7-8,15,17,19-20H,5-6,9-14,16H2,1-4H3. The van der Waals surface area contributed by atoms with Gasteiger partial charge in [-0.1, -0.05) is 13.8 Å². The Balaban J connectivity index is 1.58. The third-order valence-corrected chi connectivity index (χ3v) is 6.29. The van der Waals surface area contributed by atoms with E-state index in [1.807, 2.05) is 17.0 Å². The van der Waals surface area contributed by atoms with Crippen molar-refractivity contribution in [2.45, 2.75) is 52.0 Å². The van der Waals surface area contributed by atoms with Gasteiger partial charge in [-0.25, -0.2) is 4.98 Å². The first-order valence-electron chi connectivity index (χ1n) is 11.0. The lowest BCUT2D eigenvalue weighted by atomic mass is 9.89. The number of carbonyl (C=O) groups excluding carboxylic acids is 2. The lowest BCUT2D eigenvalue weighted by Crippen LogP contribution is -2.43. The second-order valence-corrected chi connectivity index (χ2v) is 9.24. The smallest absolute Gasteiger partial charge is 0.255 e. The number of piperidine rings is 2. The number of rotatable bonds is 6. The van der Waals surface area contributed by atoms with Crippen molar-refractivity contribution in [2.75, 3.05) is 45.2 Å². The van der Waals surface area contributed by atoms with E-state index in [4.69, 9.17) is 0 Å². The van der Waals surface area contributed by atoms with E-state index in [1.54, 1.807) is 6.20 Å². The molecule has 0 N–H and O–H groups in total. The molecular formula is C23H36N4O2. The van der Waals surface area contributed by atoms with Crippen LogP contribution in [0.3, 0.4) is 0 Å². The van der Waals surface area contributed by atoms with E-state index in [1.165, 1.54) is 0 Å². The van der Waals surface area contributed by atoms with E-state index >= 15 is 0 Å². The Morgan fingerprint density at radius 1 is 1.14 bits per heavy atom. The Hall–Kier alpha value is -1.95. The molecular weight excluding hydrogens is 364 g/mol. The van der Waals surface area contributed by atoms with Crippen LogP contribution in [-0.2, 0) is 4.79 Å². The van der Waals surface area contributed by atoms with Crippen LogP contribution >= 0.6 is 0 Å². The average Bonchev–Trinajstić information content (AvgIpc) is 2.73. The van der Waals surface area contributed by atoms with Gasteiger partial charge in [0, 0.05) is 50.8 Å². The van der Waals surface area contributed by atoms with Gasteiger partial charge in [0.25, 0.3) is 5.91 Å². The molecule has 29 heavy (non-hydrogen) atoms. The highest BCUT2D eigenvalue weighted by atomic mass is 16.2. The molecule has 3 rings (SSSR count). The van der Waals surface area contributed by atoms with Gasteiger partial charge in [-0.3, -0.25) is 9.59 Å². The molecule has 0 saturated carbocycles. The van der Waals surface area contributed by atoms with Gasteiger partial charge in [0.15, 0.2) is 0 Å². The Morgan fingerprint density at radius 2 is 1.86 bits per heavy atom. The summed E-state index contributed by atoms with van der Waals surface area (Å²) in [4.78, 5) is 36.4. The molecule has 160 valence electrons. The summed E-state index contributed by atoms with van der Waals surface area (Å²) < 4.78 is 0. The molecule has 1 unspecified atom stereocenters. The van der Waals surface area contributed by atoms with Crippen LogP contribution in [0.4, 0.5) is 5.82 Å². The number of carbonyl (C=O) groups is 2. The largest absolute Gasteiger partial charge is 0.357 e. The molecule has 0 bridgehead atoms. The van der Waals surface area contributed by atoms with Crippen molar-refractivity contribution in [3.8, 4) is 0 Å². The van der Waals surface area contributed by atoms with Crippen molar-refractivity contribution >= 4 is 17.5 Å². The fourth-order valence-corrected chi connectivity index (χ4v) is 4.49. The minimum absolute atomic E-state index is 0.00240. The van der Waals surface area contributed by atoms with Gasteiger partial charge in [0.1, 0.15) is 11.6 Å². The van der Waals surface area contributed by atoms with Crippen molar-refractivity contribution < 1.29 is 9.59 Å². The zero-order chi connectivity index (χ0) is 21.0. The maximum atomic E-state index is 13.0. The Labute approximate surface area is 175 Å². The van der Waals surface area contributed by atoms with Crippen molar-refractivity contribution in [3.63, 3.8) is 0 Å². The Bertz CT molecular complexity index is 693. The van der Waals surface area contributed by atoms with Crippen LogP contribution in [0.1, 0.15) is 56.3 Å². The minimum atomic E-state index is -0.0136. The first-order chi connectivity index (χ1) is 13.8. The lowest BCUT2D eigenvalue weighted by molar-refractivity contribution is -0.124. The third kappa shape index (κ3) is 5.56. The third-order valence-electron chi connectivity index (χ3n) is 6.29. The zero-order valence-corrected chi connectivity index (χ0v) is 18.4. The molecule has 3 heterocycles. The fourth-order valence-electron chi connectivity index (χ4n) is 4.49. The summed E-state index contributed by atoms with van der Waals surface area (Å²) in [5.41, 5.74) is 0.619. The topological polar surface area (TPSA) is 56.8 Å². The van der Waals surface area contributed by atoms with Gasteiger partial charge >= 0.3 is 0 Å². The molecule has 0 aromatic carbocycles. The molecule has 6 heteroatoms. The van der Waals surface area contributed by atoms with Crippen molar-refractivity contribution in [1.82, 2.24) is 14.8 Å². The molecule has 1 aromatic rings. The normalized spacial score (nSPS) is 21.1. The molecule has 2 aliphatic heterocycles. The van der Waals surface area contributed by atoms with Crippen LogP contribution in [0.2, 0.25) is 0 Å². The van der Waals surface area contributed by atoms with E-state index < -0.39 is 0 Å². The lowest BCUT2D eigenvalue weighted by Gasteiger charge is -2.36. The van der Waals surface area contributed by atoms with Crippen LogP contribution in [0.5, 0.6) is 0 Å². The number of anilines is 1. The molecule has 0 spiro atoms. The molecule has 2 fully saturated rings. The maximum Gasteiger partial charge on any atom is 0.255 e. The van der Waals surface area contributed by atoms with Crippen LogP contribution < -0.4 is 4.90 Å². The SMILES string of the molecule is CC(C)CC(=O)C1CCCN(C(=O)c2ccc(N3CCC(N(C)C)CC3)nc2)C1. The zero-order valence-electron chi connectivity index (χ0n) is 18.4. The molecule has 1 aromatic heterocycles. The van der Waals surface area contributed by atoms with Crippen molar-refractivity contribution in [1.29, 1.82) is 0 Å². The second kappa shape index (κ2) is 9.70. The molecule has 2 saturated heterocycles. The Morgan fingerprint density at radius 3 is 2.45 bits per heavy atom. The highest BCUT2D eigenvalue weighted by Crippen LogP contribution is 2.23. The minimum Gasteiger partial charge on any atom is -0.357 e. The number of likely N-dealkylation sites (tertiary alicyclic amines) is 1. The molecule has 1 atom stereocenters. The molecule has 2 aliphatic rings. The summed E-state index contributed by atoms with van der Waals surface area (Å²) >= 11 is 0. The highest BCUT2D eigenvalue weighted by Gasteiger charge is 2.29. The molecule has 6 nitrogen and oxygen atoms in total. The average molecular weight is 401 g/mol. The first-order valence-corrected chi connectivity index (χ1v) is 11.0. The van der Waals surface area contributed by atoms with Gasteiger partial charge in [0.2, 0.25) is 0 Å². The van der Waals surface area contributed by atoms with E-state index in [-0.39, 0.29) is 11.8 Å². The summed E-state index contributed by atoms with van der Waals surface area (Å²) in [6, 6.07) is 4.49. The Kier molecular flexibility index (Phi) is 7.28. The highest BCUT2D eigenvalue weighted by molar-refractivity contribution is 5.94. The van der Waals surface area contributed by atoms with E-state index in [2.05, 4.69) is 42.7 Å². The van der Waals surface area contributed by atoms with Crippen LogP contribution in [0, 0.1) is 11.8 Å². The molecule has 0 aliphatic carbocycles. The van der Waals surface area contributed by atoms with Gasteiger partial charge in [0.05, 0.1) is 5.56 Å². The van der Waals surface area contributed by atoms with E-state index in [9.17, 15) is 9.59 Å². The number of ketones is 1. The van der Waals surface area contributed by atoms with Gasteiger partial charge in [-0.15, -0.1) is 0 Å². The number of hydrogen-bond donors (Lipinski definition) is 0. The summed E-state index contributed by atoms with van der Waals surface area (Å²) in [7, 11) is 4.28. The predicted molar refractivity (Wildman–Crippen MR) is 116 cm³/mol. The monoisotopic (exact) mass is 400 g/mol. The molecule has 1 amide bonds. The number of pyridine rings is 1. The number of aromatic nitrogens is 1.